The summed E-state index contributed by atoms with van der Waals surface area (Å²) in [6.45, 7) is 3.46. The van der Waals surface area contributed by atoms with E-state index in [0.29, 0.717) is 5.92 Å². The van der Waals surface area contributed by atoms with E-state index in [0.717, 1.165) is 32.6 Å². The molecule has 0 radical (unpaired) electrons. The molecule has 2 heterocycles. The minimum absolute atomic E-state index is 0.148. The summed E-state index contributed by atoms with van der Waals surface area (Å²) in [6.07, 6.45) is 1.07. The molecule has 4 heteroatoms. The summed E-state index contributed by atoms with van der Waals surface area (Å²) >= 11 is 0. The quantitative estimate of drug-likeness (QED) is 0.455. The van der Waals surface area contributed by atoms with Gasteiger partial charge in [-0.15, -0.1) is 0 Å². The highest BCUT2D eigenvalue weighted by molar-refractivity contribution is 5.82. The smallest absolute Gasteiger partial charge is 0.226 e. The Balaban J connectivity index is 2.23. The fourth-order valence-corrected chi connectivity index (χ4v) is 2.36. The van der Waals surface area contributed by atoms with Gasteiger partial charge in [0.2, 0.25) is 5.91 Å². The first-order chi connectivity index (χ1) is 5.76. The predicted molar refractivity (Wildman–Crippen MR) is 45.5 cm³/mol. The summed E-state index contributed by atoms with van der Waals surface area (Å²) in [5, 5.41) is 6.48. The predicted octanol–water partition coefficient (Wildman–Crippen LogP) is -1.33. The third-order valence-corrected chi connectivity index (χ3v) is 3.21. The molecule has 2 aliphatic heterocycles. The molecule has 0 aromatic rings. The largest absolute Gasteiger partial charge is 0.369 e. The van der Waals surface area contributed by atoms with Crippen LogP contribution in [0.25, 0.3) is 0 Å². The average Bonchev–Trinajstić information content (AvgIpc) is 2.48. The summed E-state index contributed by atoms with van der Waals surface area (Å²) in [5.74, 6) is 0.306. The van der Waals surface area contributed by atoms with E-state index in [9.17, 15) is 4.79 Å². The highest BCUT2D eigenvalue weighted by atomic mass is 16.1. The van der Waals surface area contributed by atoms with Crippen LogP contribution >= 0.6 is 0 Å². The van der Waals surface area contributed by atoms with Gasteiger partial charge in [-0.2, -0.15) is 0 Å². The van der Waals surface area contributed by atoms with Gasteiger partial charge in [0.15, 0.2) is 0 Å². The van der Waals surface area contributed by atoms with Crippen LogP contribution in [-0.4, -0.2) is 32.1 Å². The molecule has 4 nitrogen and oxygen atoms in total. The number of fused-ring (bicyclic) bond motifs is 1. The number of piperidine rings is 1. The average molecular weight is 169 g/mol. The minimum atomic E-state index is -0.293. The Bertz CT molecular complexity index is 206. The molecule has 0 aliphatic carbocycles. The van der Waals surface area contributed by atoms with Crippen LogP contribution in [0.5, 0.6) is 0 Å². The first kappa shape index (κ1) is 8.01. The molecule has 0 saturated carbocycles. The molecule has 1 amide bonds. The maximum atomic E-state index is 11.3. The molecule has 2 saturated heterocycles. The number of rotatable bonds is 1. The molecule has 2 unspecified atom stereocenters. The second kappa shape index (κ2) is 2.71. The first-order valence-electron chi connectivity index (χ1n) is 4.47. The lowest BCUT2D eigenvalue weighted by Gasteiger charge is -2.35. The second-order valence-corrected chi connectivity index (χ2v) is 3.81. The zero-order valence-corrected chi connectivity index (χ0v) is 7.10. The highest BCUT2D eigenvalue weighted by Gasteiger charge is 2.48. The third-order valence-electron chi connectivity index (χ3n) is 3.21. The molecule has 68 valence electrons. The van der Waals surface area contributed by atoms with Crippen molar-refractivity contribution in [2.75, 3.05) is 26.2 Å². The Morgan fingerprint density at radius 3 is 2.83 bits per heavy atom. The molecule has 12 heavy (non-hydrogen) atoms. The van der Waals surface area contributed by atoms with Gasteiger partial charge >= 0.3 is 0 Å². The van der Waals surface area contributed by atoms with Crippen molar-refractivity contribution in [3.05, 3.63) is 0 Å². The van der Waals surface area contributed by atoms with E-state index < -0.39 is 0 Å². The topological polar surface area (TPSA) is 67.2 Å². The molecule has 2 rings (SSSR count). The number of hydrogen-bond donors (Lipinski definition) is 3. The van der Waals surface area contributed by atoms with Gasteiger partial charge in [-0.3, -0.25) is 4.79 Å². The van der Waals surface area contributed by atoms with Crippen LogP contribution in [0.15, 0.2) is 0 Å². The van der Waals surface area contributed by atoms with Gasteiger partial charge in [0.05, 0.1) is 5.41 Å². The van der Waals surface area contributed by atoms with Gasteiger partial charge in [-0.05, 0) is 25.4 Å². The van der Waals surface area contributed by atoms with Gasteiger partial charge in [-0.1, -0.05) is 0 Å². The normalized spacial score (nSPS) is 40.8. The van der Waals surface area contributed by atoms with Crippen molar-refractivity contribution in [2.24, 2.45) is 17.1 Å². The third kappa shape index (κ3) is 0.949. The Morgan fingerprint density at radius 1 is 1.42 bits per heavy atom. The number of primary amides is 1. The summed E-state index contributed by atoms with van der Waals surface area (Å²) < 4.78 is 0. The highest BCUT2D eigenvalue weighted by Crippen LogP contribution is 2.35. The van der Waals surface area contributed by atoms with Gasteiger partial charge in [0.1, 0.15) is 0 Å². The molecule has 2 fully saturated rings. The molecular formula is C8H15N3O. The van der Waals surface area contributed by atoms with Crippen LogP contribution < -0.4 is 16.4 Å². The van der Waals surface area contributed by atoms with Crippen LogP contribution in [0.2, 0.25) is 0 Å². The Hall–Kier alpha value is -0.610. The molecule has 4 N–H and O–H groups in total. The summed E-state index contributed by atoms with van der Waals surface area (Å²) in [4.78, 5) is 11.3. The zero-order chi connectivity index (χ0) is 8.60. The Labute approximate surface area is 71.9 Å². The number of amides is 1. The minimum Gasteiger partial charge on any atom is -0.369 e. The monoisotopic (exact) mass is 169 g/mol. The van der Waals surface area contributed by atoms with Crippen LogP contribution in [0, 0.1) is 11.3 Å². The van der Waals surface area contributed by atoms with Crippen LogP contribution in [-0.2, 0) is 4.79 Å². The van der Waals surface area contributed by atoms with Crippen molar-refractivity contribution >= 4 is 5.91 Å². The summed E-state index contributed by atoms with van der Waals surface area (Å²) in [7, 11) is 0. The fourth-order valence-electron chi connectivity index (χ4n) is 2.36. The van der Waals surface area contributed by atoms with Gasteiger partial charge in [0.25, 0.3) is 0 Å². The van der Waals surface area contributed by atoms with E-state index in [1.807, 2.05) is 0 Å². The van der Waals surface area contributed by atoms with Crippen molar-refractivity contribution in [1.82, 2.24) is 10.6 Å². The van der Waals surface area contributed by atoms with Crippen LogP contribution in [0.3, 0.4) is 0 Å². The molecule has 0 bridgehead atoms. The van der Waals surface area contributed by atoms with Gasteiger partial charge in [0, 0.05) is 13.1 Å². The maximum Gasteiger partial charge on any atom is 0.226 e. The number of carbonyl (C=O) groups is 1. The molecule has 2 aliphatic rings. The summed E-state index contributed by atoms with van der Waals surface area (Å²) in [5.41, 5.74) is 5.13. The number of hydrogen-bond acceptors (Lipinski definition) is 3. The van der Waals surface area contributed by atoms with Crippen molar-refractivity contribution in [3.63, 3.8) is 0 Å². The van der Waals surface area contributed by atoms with Crippen LogP contribution in [0.4, 0.5) is 0 Å². The van der Waals surface area contributed by atoms with E-state index in [-0.39, 0.29) is 11.3 Å². The van der Waals surface area contributed by atoms with Crippen molar-refractivity contribution in [3.8, 4) is 0 Å². The molecule has 2 atom stereocenters. The van der Waals surface area contributed by atoms with Crippen molar-refractivity contribution < 1.29 is 4.79 Å². The van der Waals surface area contributed by atoms with Crippen molar-refractivity contribution in [1.29, 1.82) is 0 Å². The van der Waals surface area contributed by atoms with E-state index >= 15 is 0 Å². The molecule has 0 aromatic carbocycles. The molecular weight excluding hydrogens is 154 g/mol. The van der Waals surface area contributed by atoms with E-state index in [4.69, 9.17) is 5.73 Å². The van der Waals surface area contributed by atoms with Gasteiger partial charge < -0.3 is 16.4 Å². The standard InChI is InChI=1S/C8H15N3O/c9-7(12)8-4-10-2-1-6(8)3-11-5-8/h6,10-11H,1-5H2,(H2,9,12). The Kier molecular flexibility index (Phi) is 1.81. The van der Waals surface area contributed by atoms with Gasteiger partial charge in [-0.25, -0.2) is 0 Å². The van der Waals surface area contributed by atoms with E-state index in [1.165, 1.54) is 0 Å². The first-order valence-corrected chi connectivity index (χ1v) is 4.47. The van der Waals surface area contributed by atoms with Crippen LogP contribution in [0.1, 0.15) is 6.42 Å². The van der Waals surface area contributed by atoms with E-state index in [1.54, 1.807) is 0 Å². The number of nitrogens with one attached hydrogen (secondary N) is 2. The Morgan fingerprint density at radius 2 is 2.17 bits per heavy atom. The maximum absolute atomic E-state index is 11.3. The number of nitrogens with two attached hydrogens (primary N) is 1. The van der Waals surface area contributed by atoms with E-state index in [2.05, 4.69) is 10.6 Å². The lowest BCUT2D eigenvalue weighted by atomic mass is 9.73. The lowest BCUT2D eigenvalue weighted by Crippen LogP contribution is -2.54. The molecule has 0 spiro atoms. The SMILES string of the molecule is NC(=O)C12CNCCC1CNC2. The number of carbonyl (C=O) groups excluding carboxylic acids is 1. The summed E-state index contributed by atoms with van der Waals surface area (Å²) in [6, 6.07) is 0. The fraction of sp³-hybridized carbons (Fsp3) is 0.875. The zero-order valence-electron chi connectivity index (χ0n) is 7.10. The lowest BCUT2D eigenvalue weighted by molar-refractivity contribution is -0.129. The van der Waals surface area contributed by atoms with Crippen molar-refractivity contribution in [2.45, 2.75) is 6.42 Å². The molecule has 0 aromatic heterocycles. The second-order valence-electron chi connectivity index (χ2n) is 3.81.